The van der Waals surface area contributed by atoms with Crippen molar-refractivity contribution in [2.24, 2.45) is 0 Å². The van der Waals surface area contributed by atoms with Crippen LogP contribution in [-0.4, -0.2) is 15.6 Å². The number of nitrogens with one attached hydrogen (secondary N) is 1. The van der Waals surface area contributed by atoms with E-state index >= 15 is 0 Å². The first-order valence-electron chi connectivity index (χ1n) is 8.43. The number of hydrogen-bond donors (Lipinski definition) is 2. The standard InChI is InChI=1S/C20H18N2O3S2/c23-16-10-5-4-9-15(16)21-18(24)11-6-12-22-19(25)13-17(27-20(22)26)14-7-2-1-3-8-14/h1-5,7-10,13,23H,6,11-12H2,(H,21,24). The normalized spacial score (nSPS) is 10.5. The molecule has 1 amide bonds. The second kappa shape index (κ2) is 8.75. The molecule has 3 aromatic rings. The second-order valence-electron chi connectivity index (χ2n) is 5.90. The van der Waals surface area contributed by atoms with Gasteiger partial charge in [0.25, 0.3) is 5.56 Å². The number of phenols is 1. The maximum atomic E-state index is 12.4. The summed E-state index contributed by atoms with van der Waals surface area (Å²) in [5.41, 5.74) is 1.16. The van der Waals surface area contributed by atoms with Crippen LogP contribution in [0.4, 0.5) is 5.69 Å². The Morgan fingerprint density at radius 2 is 1.81 bits per heavy atom. The lowest BCUT2D eigenvalue weighted by atomic mass is 10.2. The molecule has 0 radical (unpaired) electrons. The third-order valence-electron chi connectivity index (χ3n) is 3.96. The van der Waals surface area contributed by atoms with Gasteiger partial charge in [-0.15, -0.1) is 11.3 Å². The number of benzene rings is 2. The molecule has 2 aromatic carbocycles. The van der Waals surface area contributed by atoms with Gasteiger partial charge in [0.15, 0.2) is 3.95 Å². The zero-order valence-corrected chi connectivity index (χ0v) is 16.1. The third kappa shape index (κ3) is 4.90. The first kappa shape index (κ1) is 19.0. The fourth-order valence-corrected chi connectivity index (χ4v) is 3.94. The quantitative estimate of drug-likeness (QED) is 0.476. The van der Waals surface area contributed by atoms with Crippen molar-refractivity contribution in [1.82, 2.24) is 4.57 Å². The molecule has 1 aromatic heterocycles. The SMILES string of the molecule is O=C(CCCn1c(=O)cc(-c2ccccc2)sc1=S)Nc1ccccc1O. The van der Waals surface area contributed by atoms with Gasteiger partial charge in [-0.3, -0.25) is 14.2 Å². The van der Waals surface area contributed by atoms with Gasteiger partial charge in [-0.25, -0.2) is 0 Å². The number of para-hydroxylation sites is 2. The van der Waals surface area contributed by atoms with E-state index in [1.807, 2.05) is 30.3 Å². The highest BCUT2D eigenvalue weighted by Crippen LogP contribution is 2.23. The third-order valence-corrected chi connectivity index (χ3v) is 5.40. The van der Waals surface area contributed by atoms with Crippen LogP contribution >= 0.6 is 23.6 Å². The van der Waals surface area contributed by atoms with Crippen LogP contribution < -0.4 is 10.9 Å². The Morgan fingerprint density at radius 1 is 1.11 bits per heavy atom. The molecule has 2 N–H and O–H groups in total. The fourth-order valence-electron chi connectivity index (χ4n) is 2.59. The molecule has 0 bridgehead atoms. The van der Waals surface area contributed by atoms with Crippen molar-refractivity contribution in [2.75, 3.05) is 5.32 Å². The molecule has 3 rings (SSSR count). The lowest BCUT2D eigenvalue weighted by molar-refractivity contribution is -0.116. The molecule has 0 atom stereocenters. The van der Waals surface area contributed by atoms with Crippen LogP contribution in [0.15, 0.2) is 65.5 Å². The number of carbonyl (C=O) groups is 1. The molecule has 0 saturated carbocycles. The van der Waals surface area contributed by atoms with E-state index in [1.165, 1.54) is 22.0 Å². The van der Waals surface area contributed by atoms with Gasteiger partial charge in [0.2, 0.25) is 5.91 Å². The highest BCUT2D eigenvalue weighted by molar-refractivity contribution is 7.73. The summed E-state index contributed by atoms with van der Waals surface area (Å²) in [7, 11) is 0. The van der Waals surface area contributed by atoms with Gasteiger partial charge in [-0.2, -0.15) is 0 Å². The molecule has 0 aliphatic carbocycles. The van der Waals surface area contributed by atoms with Gasteiger partial charge >= 0.3 is 0 Å². The minimum absolute atomic E-state index is 0.0215. The maximum Gasteiger partial charge on any atom is 0.253 e. The number of rotatable bonds is 6. The van der Waals surface area contributed by atoms with Crippen molar-refractivity contribution in [3.63, 3.8) is 0 Å². The summed E-state index contributed by atoms with van der Waals surface area (Å²) >= 11 is 6.75. The summed E-state index contributed by atoms with van der Waals surface area (Å²) in [6.07, 6.45) is 0.695. The van der Waals surface area contributed by atoms with Crippen molar-refractivity contribution in [2.45, 2.75) is 19.4 Å². The lowest BCUT2D eigenvalue weighted by Gasteiger charge is -2.09. The van der Waals surface area contributed by atoms with E-state index in [0.717, 1.165) is 10.4 Å². The number of phenolic OH excluding ortho intramolecular Hbond substituents is 1. The van der Waals surface area contributed by atoms with Crippen LogP contribution in [0.1, 0.15) is 12.8 Å². The number of carbonyl (C=O) groups excluding carboxylic acids is 1. The summed E-state index contributed by atoms with van der Waals surface area (Å²) in [5.74, 6) is -0.201. The summed E-state index contributed by atoms with van der Waals surface area (Å²) in [6.45, 7) is 0.372. The molecule has 27 heavy (non-hydrogen) atoms. The molecule has 0 unspecified atom stereocenters. The molecule has 7 heteroatoms. The topological polar surface area (TPSA) is 71.3 Å². The number of amides is 1. The van der Waals surface area contributed by atoms with Crippen molar-refractivity contribution >= 4 is 35.1 Å². The van der Waals surface area contributed by atoms with Crippen LogP contribution in [0.2, 0.25) is 0 Å². The van der Waals surface area contributed by atoms with E-state index in [-0.39, 0.29) is 23.6 Å². The van der Waals surface area contributed by atoms with Gasteiger partial charge in [0.05, 0.1) is 5.69 Å². The first-order valence-corrected chi connectivity index (χ1v) is 9.65. The zero-order chi connectivity index (χ0) is 19.2. The maximum absolute atomic E-state index is 12.4. The Bertz CT molecular complexity index is 1030. The predicted octanol–water partition coefficient (Wildman–Crippen LogP) is 4.43. The number of hydrogen-bond acceptors (Lipinski definition) is 5. The summed E-state index contributed by atoms with van der Waals surface area (Å²) in [6, 6.07) is 17.8. The number of nitrogens with zero attached hydrogens (tertiary/aromatic N) is 1. The van der Waals surface area contributed by atoms with E-state index in [4.69, 9.17) is 12.2 Å². The van der Waals surface area contributed by atoms with Crippen molar-refractivity contribution in [3.05, 3.63) is 75.0 Å². The smallest absolute Gasteiger partial charge is 0.253 e. The van der Waals surface area contributed by atoms with Crippen LogP contribution in [0, 0.1) is 3.95 Å². The van der Waals surface area contributed by atoms with E-state index in [0.29, 0.717) is 22.6 Å². The molecule has 138 valence electrons. The van der Waals surface area contributed by atoms with E-state index in [1.54, 1.807) is 24.3 Å². The highest BCUT2D eigenvalue weighted by Gasteiger charge is 2.08. The number of aromatic hydroxyl groups is 1. The van der Waals surface area contributed by atoms with Crippen LogP contribution in [0.25, 0.3) is 10.4 Å². The van der Waals surface area contributed by atoms with E-state index < -0.39 is 0 Å². The van der Waals surface area contributed by atoms with Gasteiger partial charge in [-0.05, 0) is 36.3 Å². The highest BCUT2D eigenvalue weighted by atomic mass is 32.1. The minimum Gasteiger partial charge on any atom is -0.506 e. The van der Waals surface area contributed by atoms with Crippen LogP contribution in [-0.2, 0) is 11.3 Å². The molecule has 0 saturated heterocycles. The van der Waals surface area contributed by atoms with Gasteiger partial charge in [-0.1, -0.05) is 42.5 Å². The largest absolute Gasteiger partial charge is 0.506 e. The summed E-state index contributed by atoms with van der Waals surface area (Å²) < 4.78 is 2.00. The molecule has 5 nitrogen and oxygen atoms in total. The number of anilines is 1. The van der Waals surface area contributed by atoms with Crippen molar-refractivity contribution < 1.29 is 9.90 Å². The van der Waals surface area contributed by atoms with Crippen LogP contribution in [0.3, 0.4) is 0 Å². The Hall–Kier alpha value is -2.77. The van der Waals surface area contributed by atoms with Gasteiger partial charge < -0.3 is 10.4 Å². The van der Waals surface area contributed by atoms with Gasteiger partial charge in [0.1, 0.15) is 5.75 Å². The second-order valence-corrected chi connectivity index (χ2v) is 7.58. The average Bonchev–Trinajstić information content (AvgIpc) is 2.66. The number of aromatic nitrogens is 1. The van der Waals surface area contributed by atoms with Crippen LogP contribution in [0.5, 0.6) is 5.75 Å². The summed E-state index contributed by atoms with van der Waals surface area (Å²) in [4.78, 5) is 25.3. The van der Waals surface area contributed by atoms with Crippen molar-refractivity contribution in [1.29, 1.82) is 0 Å². The first-order chi connectivity index (χ1) is 13.0. The van der Waals surface area contributed by atoms with E-state index in [9.17, 15) is 14.7 Å². The fraction of sp³-hybridized carbons (Fsp3) is 0.150. The Kier molecular flexibility index (Phi) is 6.16. The average molecular weight is 399 g/mol. The molecular weight excluding hydrogens is 380 g/mol. The van der Waals surface area contributed by atoms with Gasteiger partial charge in [0, 0.05) is 23.9 Å². The predicted molar refractivity (Wildman–Crippen MR) is 111 cm³/mol. The Labute approximate surface area is 165 Å². The molecule has 0 spiro atoms. The Morgan fingerprint density at radius 3 is 2.52 bits per heavy atom. The minimum atomic E-state index is -0.222. The molecule has 1 heterocycles. The molecule has 0 aliphatic heterocycles. The monoisotopic (exact) mass is 398 g/mol. The van der Waals surface area contributed by atoms with E-state index in [2.05, 4.69) is 5.32 Å². The molecule has 0 fully saturated rings. The van der Waals surface area contributed by atoms with Crippen molar-refractivity contribution in [3.8, 4) is 16.2 Å². The zero-order valence-electron chi connectivity index (χ0n) is 14.4. The molecular formula is C20H18N2O3S2. The lowest BCUT2D eigenvalue weighted by Crippen LogP contribution is -2.20. The molecule has 0 aliphatic rings. The Balaban J connectivity index is 1.63. The summed E-state index contributed by atoms with van der Waals surface area (Å²) in [5, 5.41) is 12.3.